The van der Waals surface area contributed by atoms with E-state index in [0.717, 1.165) is 9.87 Å². The number of rotatable bonds is 6. The lowest BCUT2D eigenvalue weighted by Gasteiger charge is -2.17. The van der Waals surface area contributed by atoms with E-state index in [1.807, 2.05) is 37.3 Å². The van der Waals surface area contributed by atoms with Crippen LogP contribution in [0, 0.1) is 0 Å². The van der Waals surface area contributed by atoms with Crippen LogP contribution in [0.1, 0.15) is 31.0 Å². The molecule has 1 aliphatic rings. The van der Waals surface area contributed by atoms with Crippen LogP contribution in [-0.4, -0.2) is 38.0 Å². The van der Waals surface area contributed by atoms with E-state index in [4.69, 9.17) is 4.74 Å². The summed E-state index contributed by atoms with van der Waals surface area (Å²) in [5, 5.41) is 5.31. The molecule has 9 heteroatoms. The maximum atomic E-state index is 13.1. The van der Waals surface area contributed by atoms with Crippen molar-refractivity contribution in [2.75, 3.05) is 18.5 Å². The normalized spacial score (nSPS) is 16.4. The van der Waals surface area contributed by atoms with Crippen LogP contribution in [0.4, 0.5) is 15.3 Å². The molecule has 0 spiro atoms. The van der Waals surface area contributed by atoms with E-state index >= 15 is 0 Å². The molecule has 2 aromatic carbocycles. The lowest BCUT2D eigenvalue weighted by atomic mass is 10.1. The highest BCUT2D eigenvalue weighted by Crippen LogP contribution is 2.28. The van der Waals surface area contributed by atoms with Gasteiger partial charge in [-0.3, -0.25) is 5.32 Å². The van der Waals surface area contributed by atoms with Crippen LogP contribution in [0.5, 0.6) is 0 Å². The molecule has 0 radical (unpaired) electrons. The van der Waals surface area contributed by atoms with Gasteiger partial charge in [0.05, 0.1) is 24.1 Å². The fourth-order valence-electron chi connectivity index (χ4n) is 3.15. The highest BCUT2D eigenvalue weighted by Gasteiger charge is 2.38. The van der Waals surface area contributed by atoms with E-state index < -0.39 is 28.2 Å². The minimum atomic E-state index is -4.04. The van der Waals surface area contributed by atoms with E-state index in [2.05, 4.69) is 10.6 Å². The largest absolute Gasteiger partial charge is 0.450 e. The summed E-state index contributed by atoms with van der Waals surface area (Å²) in [4.78, 5) is 24.0. The molecule has 0 aromatic heterocycles. The van der Waals surface area contributed by atoms with Crippen molar-refractivity contribution in [3.8, 4) is 0 Å². The zero-order chi connectivity index (χ0) is 21.0. The Morgan fingerprint density at radius 1 is 1.21 bits per heavy atom. The van der Waals surface area contributed by atoms with Crippen molar-refractivity contribution in [1.82, 2.24) is 9.62 Å². The van der Waals surface area contributed by atoms with Crippen LogP contribution in [0.3, 0.4) is 0 Å². The van der Waals surface area contributed by atoms with Gasteiger partial charge in [-0.2, -0.15) is 0 Å². The number of hydrogen-bond donors (Lipinski definition) is 2. The van der Waals surface area contributed by atoms with Crippen molar-refractivity contribution in [2.24, 2.45) is 0 Å². The Morgan fingerprint density at radius 2 is 1.93 bits per heavy atom. The summed E-state index contributed by atoms with van der Waals surface area (Å²) in [7, 11) is -4.04. The maximum absolute atomic E-state index is 13.1. The SMILES string of the molecule is CCOC(=O)Nc1ccc(S(=O)(=O)N2CC(c3ccccc3)NC2=O)cc1CC. The minimum absolute atomic E-state index is 0.00683. The molecule has 1 atom stereocenters. The fourth-order valence-corrected chi connectivity index (χ4v) is 4.55. The number of nitrogens with one attached hydrogen (secondary N) is 2. The number of ether oxygens (including phenoxy) is 1. The minimum Gasteiger partial charge on any atom is -0.450 e. The number of anilines is 1. The van der Waals surface area contributed by atoms with E-state index in [1.165, 1.54) is 18.2 Å². The monoisotopic (exact) mass is 417 g/mol. The van der Waals surface area contributed by atoms with Gasteiger partial charge in [0.2, 0.25) is 0 Å². The number of hydrogen-bond acceptors (Lipinski definition) is 5. The summed E-state index contributed by atoms with van der Waals surface area (Å²) in [6, 6.07) is 12.5. The van der Waals surface area contributed by atoms with Gasteiger partial charge in [0.25, 0.3) is 10.0 Å². The summed E-state index contributed by atoms with van der Waals surface area (Å²) in [6.07, 6.45) is -0.119. The maximum Gasteiger partial charge on any atom is 0.411 e. The Hall–Kier alpha value is -3.07. The number of sulfonamides is 1. The lowest BCUT2D eigenvalue weighted by Crippen LogP contribution is -2.34. The van der Waals surface area contributed by atoms with Gasteiger partial charge in [-0.1, -0.05) is 37.3 Å². The molecule has 1 fully saturated rings. The van der Waals surface area contributed by atoms with Gasteiger partial charge in [0.15, 0.2) is 0 Å². The third-order valence-corrected chi connectivity index (χ3v) is 6.38. The fraction of sp³-hybridized carbons (Fsp3) is 0.300. The Bertz CT molecular complexity index is 1010. The molecule has 154 valence electrons. The molecule has 1 aliphatic heterocycles. The average molecular weight is 417 g/mol. The van der Waals surface area contributed by atoms with Gasteiger partial charge in [0.1, 0.15) is 0 Å². The smallest absolute Gasteiger partial charge is 0.411 e. The molecule has 3 amide bonds. The van der Waals surface area contributed by atoms with E-state index in [0.29, 0.717) is 17.7 Å². The molecule has 2 aromatic rings. The third-order valence-electron chi connectivity index (χ3n) is 4.63. The van der Waals surface area contributed by atoms with Crippen molar-refractivity contribution in [3.63, 3.8) is 0 Å². The van der Waals surface area contributed by atoms with Crippen molar-refractivity contribution in [3.05, 3.63) is 59.7 Å². The first-order valence-electron chi connectivity index (χ1n) is 9.31. The van der Waals surface area contributed by atoms with E-state index in [9.17, 15) is 18.0 Å². The molecular weight excluding hydrogens is 394 g/mol. The number of urea groups is 1. The second-order valence-electron chi connectivity index (χ2n) is 6.47. The molecule has 8 nitrogen and oxygen atoms in total. The van der Waals surface area contributed by atoms with Crippen LogP contribution >= 0.6 is 0 Å². The molecule has 1 heterocycles. The topological polar surface area (TPSA) is 105 Å². The van der Waals surface area contributed by atoms with Gasteiger partial charge >= 0.3 is 12.1 Å². The number of carbonyl (C=O) groups is 2. The molecular formula is C20H23N3O5S. The van der Waals surface area contributed by atoms with Gasteiger partial charge in [-0.05, 0) is 42.7 Å². The zero-order valence-electron chi connectivity index (χ0n) is 16.2. The van der Waals surface area contributed by atoms with Crippen LogP contribution in [0.15, 0.2) is 53.4 Å². The Balaban J connectivity index is 1.85. The summed E-state index contributed by atoms with van der Waals surface area (Å²) < 4.78 is 31.9. The molecule has 0 bridgehead atoms. The summed E-state index contributed by atoms with van der Waals surface area (Å²) in [5.41, 5.74) is 1.93. The first-order chi connectivity index (χ1) is 13.9. The zero-order valence-corrected chi connectivity index (χ0v) is 17.0. The lowest BCUT2D eigenvalue weighted by molar-refractivity contribution is 0.168. The molecule has 1 saturated heterocycles. The first kappa shape index (κ1) is 20.7. The molecule has 3 rings (SSSR count). The summed E-state index contributed by atoms with van der Waals surface area (Å²) in [5.74, 6) is 0. The predicted molar refractivity (Wildman–Crippen MR) is 108 cm³/mol. The van der Waals surface area contributed by atoms with Crippen LogP contribution in [-0.2, 0) is 21.2 Å². The summed E-state index contributed by atoms with van der Waals surface area (Å²) in [6.45, 7) is 3.78. The van der Waals surface area contributed by atoms with Crippen LogP contribution < -0.4 is 10.6 Å². The molecule has 1 unspecified atom stereocenters. The number of carbonyl (C=O) groups excluding carboxylic acids is 2. The van der Waals surface area contributed by atoms with Gasteiger partial charge in [0, 0.05) is 5.69 Å². The molecule has 29 heavy (non-hydrogen) atoms. The number of amides is 3. The summed E-state index contributed by atoms with van der Waals surface area (Å²) >= 11 is 0. The van der Waals surface area contributed by atoms with Crippen molar-refractivity contribution in [2.45, 2.75) is 31.2 Å². The second kappa shape index (κ2) is 8.52. The predicted octanol–water partition coefficient (Wildman–Crippen LogP) is 3.27. The first-order valence-corrected chi connectivity index (χ1v) is 10.8. The van der Waals surface area contributed by atoms with Crippen LogP contribution in [0.2, 0.25) is 0 Å². The third kappa shape index (κ3) is 4.34. The Labute approximate surface area is 169 Å². The number of aryl methyl sites for hydroxylation is 1. The Morgan fingerprint density at radius 3 is 2.59 bits per heavy atom. The molecule has 2 N–H and O–H groups in total. The van der Waals surface area contributed by atoms with Crippen molar-refractivity contribution >= 4 is 27.8 Å². The van der Waals surface area contributed by atoms with Gasteiger partial charge in [-0.25, -0.2) is 22.3 Å². The van der Waals surface area contributed by atoms with Gasteiger partial charge in [-0.15, -0.1) is 0 Å². The van der Waals surface area contributed by atoms with E-state index in [1.54, 1.807) is 6.92 Å². The Kier molecular flexibility index (Phi) is 6.07. The van der Waals surface area contributed by atoms with Gasteiger partial charge < -0.3 is 10.1 Å². The number of nitrogens with zero attached hydrogens (tertiary/aromatic N) is 1. The van der Waals surface area contributed by atoms with Crippen molar-refractivity contribution < 1.29 is 22.7 Å². The average Bonchev–Trinajstić information content (AvgIpc) is 3.11. The van der Waals surface area contributed by atoms with Crippen molar-refractivity contribution in [1.29, 1.82) is 0 Å². The quantitative estimate of drug-likeness (QED) is 0.751. The second-order valence-corrected chi connectivity index (χ2v) is 8.33. The highest BCUT2D eigenvalue weighted by molar-refractivity contribution is 7.89. The standard InChI is InChI=1S/C20H23N3O5S/c1-3-14-12-16(10-11-17(14)22-20(25)28-4-2)29(26,27)23-13-18(21-19(23)24)15-8-6-5-7-9-15/h5-12,18H,3-4,13H2,1-2H3,(H,21,24)(H,22,25). The van der Waals surface area contributed by atoms with Crippen LogP contribution in [0.25, 0.3) is 0 Å². The number of benzene rings is 2. The van der Waals surface area contributed by atoms with E-state index in [-0.39, 0.29) is 18.0 Å². The highest BCUT2D eigenvalue weighted by atomic mass is 32.2. The molecule has 0 aliphatic carbocycles. The molecule has 0 saturated carbocycles.